The second-order valence-corrected chi connectivity index (χ2v) is 7.74. The number of nitrogens with one attached hydrogen (secondary N) is 2. The van der Waals surface area contributed by atoms with Crippen molar-refractivity contribution in [3.8, 4) is 5.75 Å². The number of methoxy groups -OCH3 is 1. The number of hydrogen-bond acceptors (Lipinski definition) is 2. The molecule has 0 radical (unpaired) electrons. The molecular weight excluding hydrogens is 347 g/mol. The first kappa shape index (κ1) is 17.7. The zero-order valence-electron chi connectivity index (χ0n) is 12.4. The van der Waals surface area contributed by atoms with E-state index in [1.165, 1.54) is 13.5 Å². The summed E-state index contributed by atoms with van der Waals surface area (Å²) in [4.78, 5) is 13.6. The van der Waals surface area contributed by atoms with Crippen molar-refractivity contribution in [2.24, 2.45) is 0 Å². The van der Waals surface area contributed by atoms with Crippen LogP contribution in [-0.2, 0) is 0 Å². The molecule has 1 aliphatic heterocycles. The van der Waals surface area contributed by atoms with Crippen LogP contribution < -0.4 is 15.0 Å². The van der Waals surface area contributed by atoms with Crippen LogP contribution in [0, 0.1) is 0 Å². The first-order chi connectivity index (χ1) is 10.4. The fraction of sp³-hybridized carbons (Fsp3) is 0.533. The zero-order valence-corrected chi connectivity index (χ0v) is 14.6. The fourth-order valence-electron chi connectivity index (χ4n) is 2.75. The lowest BCUT2D eigenvalue weighted by Crippen LogP contribution is -3.20. The molecule has 0 aliphatic carbocycles. The van der Waals surface area contributed by atoms with Crippen molar-refractivity contribution in [2.45, 2.75) is 29.2 Å². The number of hydrogen-bond donors (Lipinski definition) is 2. The van der Waals surface area contributed by atoms with Crippen LogP contribution in [0.25, 0.3) is 0 Å². The Morgan fingerprint density at radius 1 is 1.23 bits per heavy atom. The highest BCUT2D eigenvalue weighted by atomic mass is 35.6. The molecule has 0 saturated carbocycles. The Hall–Kier alpha value is -0.680. The fourth-order valence-corrected chi connectivity index (χ4v) is 3.38. The molecule has 2 rings (SSSR count). The van der Waals surface area contributed by atoms with Crippen molar-refractivity contribution < 1.29 is 14.4 Å². The van der Waals surface area contributed by atoms with Gasteiger partial charge in [-0.3, -0.25) is 10.1 Å². The van der Waals surface area contributed by atoms with Gasteiger partial charge >= 0.3 is 0 Å². The van der Waals surface area contributed by atoms with E-state index in [0.717, 1.165) is 30.8 Å². The number of para-hydroxylation sites is 1. The van der Waals surface area contributed by atoms with E-state index in [-0.39, 0.29) is 5.91 Å². The molecule has 1 saturated heterocycles. The summed E-state index contributed by atoms with van der Waals surface area (Å²) in [5, 5.41) is 2.87. The molecule has 1 amide bonds. The maximum Gasteiger partial charge on any atom is 0.262 e. The number of amides is 1. The molecule has 1 atom stereocenters. The Bertz CT molecular complexity index is 514. The Balaban J connectivity index is 2.17. The molecule has 0 unspecified atom stereocenters. The zero-order chi connectivity index (χ0) is 16.2. The lowest BCUT2D eigenvalue weighted by Gasteiger charge is -2.35. The molecule has 1 aromatic rings. The van der Waals surface area contributed by atoms with Crippen LogP contribution in [0.5, 0.6) is 5.75 Å². The van der Waals surface area contributed by atoms with E-state index in [1.54, 1.807) is 24.3 Å². The van der Waals surface area contributed by atoms with Crippen molar-refractivity contribution in [1.29, 1.82) is 0 Å². The molecule has 0 aromatic heterocycles. The molecule has 0 spiro atoms. The van der Waals surface area contributed by atoms with Crippen molar-refractivity contribution in [1.82, 2.24) is 5.32 Å². The monoisotopic (exact) mass is 365 g/mol. The SMILES string of the molecule is COc1ccccc1C(=O)N[C@@H]([NH+]1CCCCC1)C(Cl)(Cl)Cl. The van der Waals surface area contributed by atoms with Crippen LogP contribution in [-0.4, -0.2) is 36.1 Å². The highest BCUT2D eigenvalue weighted by molar-refractivity contribution is 6.68. The number of likely N-dealkylation sites (tertiary alicyclic amines) is 1. The van der Waals surface area contributed by atoms with Crippen molar-refractivity contribution in [3.63, 3.8) is 0 Å². The first-order valence-corrected chi connectivity index (χ1v) is 8.42. The van der Waals surface area contributed by atoms with Crippen LogP contribution in [0.2, 0.25) is 0 Å². The molecular formula is C15H20Cl3N2O2+. The molecule has 122 valence electrons. The van der Waals surface area contributed by atoms with Gasteiger partial charge in [0, 0.05) is 0 Å². The molecule has 4 nitrogen and oxygen atoms in total. The average Bonchev–Trinajstić information content (AvgIpc) is 2.52. The highest BCUT2D eigenvalue weighted by Crippen LogP contribution is 2.28. The van der Waals surface area contributed by atoms with Gasteiger partial charge in [0.2, 0.25) is 6.17 Å². The van der Waals surface area contributed by atoms with E-state index in [2.05, 4.69) is 5.32 Å². The standard InChI is InChI=1S/C15H19Cl3N2O2/c1-22-12-8-4-3-7-11(12)13(21)19-14(15(16,17)18)20-9-5-2-6-10-20/h3-4,7-8,14H,2,5-6,9-10H2,1H3,(H,19,21)/p+1/t14-/m0/s1. The van der Waals surface area contributed by atoms with Crippen LogP contribution in [0.1, 0.15) is 29.6 Å². The third-order valence-electron chi connectivity index (χ3n) is 3.86. The number of ether oxygens (including phenoxy) is 1. The Labute approximate surface area is 145 Å². The second-order valence-electron chi connectivity index (χ2n) is 5.37. The van der Waals surface area contributed by atoms with E-state index in [0.29, 0.717) is 11.3 Å². The van der Waals surface area contributed by atoms with Gasteiger partial charge < -0.3 is 9.64 Å². The average molecular weight is 367 g/mol. The van der Waals surface area contributed by atoms with Crippen LogP contribution in [0.3, 0.4) is 0 Å². The summed E-state index contributed by atoms with van der Waals surface area (Å²) < 4.78 is 3.65. The summed E-state index contributed by atoms with van der Waals surface area (Å²) in [6.45, 7) is 1.76. The Kier molecular flexibility index (Phi) is 6.21. The van der Waals surface area contributed by atoms with Gasteiger partial charge in [-0.2, -0.15) is 0 Å². The Morgan fingerprint density at radius 3 is 2.45 bits per heavy atom. The number of piperidine rings is 1. The van der Waals surface area contributed by atoms with Crippen molar-refractivity contribution in [2.75, 3.05) is 20.2 Å². The number of benzene rings is 1. The quantitative estimate of drug-likeness (QED) is 0.802. The van der Waals surface area contributed by atoms with Gasteiger partial charge in [-0.25, -0.2) is 0 Å². The number of carbonyl (C=O) groups is 1. The van der Waals surface area contributed by atoms with E-state index in [9.17, 15) is 4.79 Å². The largest absolute Gasteiger partial charge is 0.496 e. The van der Waals surface area contributed by atoms with Crippen LogP contribution >= 0.6 is 34.8 Å². The van der Waals surface area contributed by atoms with Crippen molar-refractivity contribution in [3.05, 3.63) is 29.8 Å². The minimum absolute atomic E-state index is 0.299. The van der Waals surface area contributed by atoms with Crippen LogP contribution in [0.15, 0.2) is 24.3 Å². The maximum atomic E-state index is 12.5. The summed E-state index contributed by atoms with van der Waals surface area (Å²) in [6, 6.07) is 7.00. The molecule has 22 heavy (non-hydrogen) atoms. The maximum absolute atomic E-state index is 12.5. The minimum Gasteiger partial charge on any atom is -0.496 e. The third-order valence-corrected chi connectivity index (χ3v) is 4.51. The summed E-state index contributed by atoms with van der Waals surface area (Å²) in [6.07, 6.45) is 2.72. The number of carbonyl (C=O) groups excluding carboxylic acids is 1. The molecule has 2 N–H and O–H groups in total. The van der Waals surface area contributed by atoms with E-state index >= 15 is 0 Å². The smallest absolute Gasteiger partial charge is 0.262 e. The van der Waals surface area contributed by atoms with Gasteiger partial charge in [0.05, 0.1) is 25.8 Å². The normalized spacial score (nSPS) is 17.8. The number of quaternary nitrogens is 1. The lowest BCUT2D eigenvalue weighted by molar-refractivity contribution is -0.931. The molecule has 0 bridgehead atoms. The molecule has 7 heteroatoms. The van der Waals surface area contributed by atoms with Gasteiger partial charge in [0.15, 0.2) is 0 Å². The molecule has 1 aromatic carbocycles. The Morgan fingerprint density at radius 2 is 1.86 bits per heavy atom. The number of rotatable bonds is 4. The summed E-state index contributed by atoms with van der Waals surface area (Å²) in [5.74, 6) is 0.198. The van der Waals surface area contributed by atoms with Gasteiger partial charge in [-0.1, -0.05) is 46.9 Å². The van der Waals surface area contributed by atoms with Crippen LogP contribution in [0.4, 0.5) is 0 Å². The van der Waals surface area contributed by atoms with Gasteiger partial charge in [0.25, 0.3) is 9.70 Å². The summed E-state index contributed by atoms with van der Waals surface area (Å²) >= 11 is 18.3. The molecule has 1 heterocycles. The molecule has 1 aliphatic rings. The molecule has 1 fully saturated rings. The topological polar surface area (TPSA) is 42.8 Å². The van der Waals surface area contributed by atoms with E-state index in [1.807, 2.05) is 0 Å². The van der Waals surface area contributed by atoms with Gasteiger partial charge in [-0.05, 0) is 31.4 Å². The minimum atomic E-state index is -1.57. The van der Waals surface area contributed by atoms with Gasteiger partial charge in [-0.15, -0.1) is 0 Å². The lowest BCUT2D eigenvalue weighted by atomic mass is 10.1. The highest BCUT2D eigenvalue weighted by Gasteiger charge is 2.42. The van der Waals surface area contributed by atoms with E-state index < -0.39 is 9.96 Å². The third kappa shape index (κ3) is 4.42. The first-order valence-electron chi connectivity index (χ1n) is 7.28. The van der Waals surface area contributed by atoms with Gasteiger partial charge in [0.1, 0.15) is 5.75 Å². The summed E-state index contributed by atoms with van der Waals surface area (Å²) in [7, 11) is 1.52. The summed E-state index contributed by atoms with van der Waals surface area (Å²) in [5.41, 5.74) is 0.431. The van der Waals surface area contributed by atoms with Crippen molar-refractivity contribution >= 4 is 40.7 Å². The van der Waals surface area contributed by atoms with E-state index in [4.69, 9.17) is 39.5 Å². The second kappa shape index (κ2) is 7.73. The predicted molar refractivity (Wildman–Crippen MR) is 89.1 cm³/mol. The number of halogens is 3. The predicted octanol–water partition coefficient (Wildman–Crippen LogP) is 2.19. The number of alkyl halides is 3.